The summed E-state index contributed by atoms with van der Waals surface area (Å²) in [6, 6.07) is 4.34. The predicted molar refractivity (Wildman–Crippen MR) is 130 cm³/mol. The standard InChI is InChI=1S/C29H22N2O5/c1-14(32)28-13-29(28)19-10-20(33)23-24(25(19)31-21(28)6-4-2-3-5-7-22(29)34)27(36)18-9-16-12-30-11-15(16)8-17(18)26(23)35/h2-3,8-10,14,21-22,30-34H,11-13H2,1H3/b3-2-/t14-,21+,22-,28-,29-/m1/s1. The topological polar surface area (TPSA) is 119 Å². The molecule has 2 bridgehead atoms. The zero-order valence-corrected chi connectivity index (χ0v) is 19.4. The Balaban J connectivity index is 1.52. The molecule has 3 aliphatic carbocycles. The van der Waals surface area contributed by atoms with Crippen LogP contribution in [0.3, 0.4) is 0 Å². The van der Waals surface area contributed by atoms with E-state index in [0.717, 1.165) is 11.1 Å². The fraction of sp³-hybridized carbons (Fsp3) is 0.310. The molecule has 1 saturated carbocycles. The number of aliphatic hydroxyl groups excluding tert-OH is 2. The van der Waals surface area contributed by atoms with Gasteiger partial charge in [0.25, 0.3) is 0 Å². The van der Waals surface area contributed by atoms with Crippen molar-refractivity contribution in [3.63, 3.8) is 0 Å². The number of carbonyl (C=O) groups excluding carboxylic acids is 2. The Labute approximate surface area is 207 Å². The Hall–Kier alpha value is -3.88. The number of carbonyl (C=O) groups is 2. The summed E-state index contributed by atoms with van der Waals surface area (Å²) in [5.41, 5.74) is 1.41. The van der Waals surface area contributed by atoms with Crippen LogP contribution in [0, 0.1) is 29.1 Å². The highest BCUT2D eigenvalue weighted by Crippen LogP contribution is 2.74. The lowest BCUT2D eigenvalue weighted by atomic mass is 9.69. The minimum absolute atomic E-state index is 0.0516. The van der Waals surface area contributed by atoms with Gasteiger partial charge in [-0.3, -0.25) is 9.59 Å². The third-order valence-electron chi connectivity index (χ3n) is 8.69. The van der Waals surface area contributed by atoms with Gasteiger partial charge in [0.1, 0.15) is 11.9 Å². The van der Waals surface area contributed by atoms with Crippen LogP contribution < -0.4 is 10.6 Å². The van der Waals surface area contributed by atoms with Crippen LogP contribution in [0.25, 0.3) is 0 Å². The average molecular weight is 479 g/mol. The highest BCUT2D eigenvalue weighted by Gasteiger charge is 2.79. The number of fused-ring (bicyclic) bond motifs is 5. The first kappa shape index (κ1) is 21.4. The maximum absolute atomic E-state index is 14.0. The van der Waals surface area contributed by atoms with E-state index in [1.165, 1.54) is 6.07 Å². The van der Waals surface area contributed by atoms with E-state index < -0.39 is 34.9 Å². The number of phenolic OH excluding ortho intramolecular Hbond substituents is 1. The molecule has 0 amide bonds. The molecule has 7 rings (SSSR count). The Morgan fingerprint density at radius 2 is 1.64 bits per heavy atom. The number of benzene rings is 2. The minimum atomic E-state index is -1.19. The van der Waals surface area contributed by atoms with Gasteiger partial charge in [0.15, 0.2) is 11.6 Å². The molecule has 0 aromatic heterocycles. The van der Waals surface area contributed by atoms with Crippen LogP contribution in [-0.4, -0.2) is 45.1 Å². The van der Waals surface area contributed by atoms with Crippen molar-refractivity contribution in [2.24, 2.45) is 5.41 Å². The molecular formula is C29H22N2O5. The molecule has 0 unspecified atom stereocenters. The van der Waals surface area contributed by atoms with E-state index >= 15 is 0 Å². The summed E-state index contributed by atoms with van der Waals surface area (Å²) in [5, 5.41) is 40.0. The van der Waals surface area contributed by atoms with Crippen molar-refractivity contribution in [3.8, 4) is 29.4 Å². The van der Waals surface area contributed by atoms with Crippen molar-refractivity contribution in [2.45, 2.75) is 50.1 Å². The quantitative estimate of drug-likeness (QED) is 0.266. The van der Waals surface area contributed by atoms with E-state index in [0.29, 0.717) is 36.3 Å². The molecule has 178 valence electrons. The van der Waals surface area contributed by atoms with Crippen LogP contribution in [-0.2, 0) is 18.5 Å². The Morgan fingerprint density at radius 1 is 1.00 bits per heavy atom. The normalized spacial score (nSPS) is 31.5. The van der Waals surface area contributed by atoms with Gasteiger partial charge in [-0.05, 0) is 60.4 Å². The summed E-state index contributed by atoms with van der Waals surface area (Å²) < 4.78 is 0. The third kappa shape index (κ3) is 2.36. The molecule has 2 aliphatic heterocycles. The smallest absolute Gasteiger partial charge is 0.198 e. The summed E-state index contributed by atoms with van der Waals surface area (Å²) in [6.07, 6.45) is 1.42. The molecule has 5 N–H and O–H groups in total. The largest absolute Gasteiger partial charge is 0.507 e. The maximum atomic E-state index is 14.0. The second-order valence-corrected chi connectivity index (χ2v) is 10.3. The predicted octanol–water partition coefficient (Wildman–Crippen LogP) is 1.51. The average Bonchev–Trinajstić information content (AvgIpc) is 3.41. The highest BCUT2D eigenvalue weighted by molar-refractivity contribution is 6.31. The third-order valence-corrected chi connectivity index (χ3v) is 8.69. The molecule has 0 spiro atoms. The summed E-state index contributed by atoms with van der Waals surface area (Å²) in [6.45, 7) is 2.89. The number of phenols is 1. The summed E-state index contributed by atoms with van der Waals surface area (Å²) in [7, 11) is 0. The molecular weight excluding hydrogens is 456 g/mol. The number of anilines is 1. The number of nitrogens with one attached hydrogen (secondary N) is 2. The van der Waals surface area contributed by atoms with Crippen molar-refractivity contribution < 1.29 is 24.9 Å². The van der Waals surface area contributed by atoms with Gasteiger partial charge in [0, 0.05) is 35.0 Å². The molecule has 1 fully saturated rings. The number of rotatable bonds is 1. The zero-order valence-electron chi connectivity index (χ0n) is 19.4. The van der Waals surface area contributed by atoms with Crippen LogP contribution in [0.15, 0.2) is 30.4 Å². The van der Waals surface area contributed by atoms with Crippen molar-refractivity contribution in [1.82, 2.24) is 5.32 Å². The Morgan fingerprint density at radius 3 is 2.31 bits per heavy atom. The van der Waals surface area contributed by atoms with Gasteiger partial charge in [-0.1, -0.05) is 23.7 Å². The van der Waals surface area contributed by atoms with Gasteiger partial charge in [0.05, 0.1) is 29.0 Å². The van der Waals surface area contributed by atoms with E-state index in [2.05, 4.69) is 34.3 Å². The first-order valence-corrected chi connectivity index (χ1v) is 12.0. The van der Waals surface area contributed by atoms with Crippen LogP contribution in [0.4, 0.5) is 5.69 Å². The lowest BCUT2D eigenvalue weighted by Crippen LogP contribution is -2.50. The van der Waals surface area contributed by atoms with Crippen LogP contribution in [0.1, 0.15) is 61.9 Å². The molecule has 5 atom stereocenters. The summed E-state index contributed by atoms with van der Waals surface area (Å²) in [5.74, 6) is 10.6. The van der Waals surface area contributed by atoms with Crippen molar-refractivity contribution in [1.29, 1.82) is 0 Å². The molecule has 7 heteroatoms. The Bertz CT molecular complexity index is 1600. The van der Waals surface area contributed by atoms with Crippen LogP contribution in [0.5, 0.6) is 5.75 Å². The van der Waals surface area contributed by atoms with E-state index in [9.17, 15) is 24.9 Å². The van der Waals surface area contributed by atoms with Gasteiger partial charge < -0.3 is 26.0 Å². The van der Waals surface area contributed by atoms with E-state index in [1.54, 1.807) is 31.2 Å². The van der Waals surface area contributed by atoms with Crippen molar-refractivity contribution in [2.75, 3.05) is 5.32 Å². The molecule has 0 saturated heterocycles. The minimum Gasteiger partial charge on any atom is -0.507 e. The second kappa shape index (κ2) is 6.87. The Kier molecular flexibility index (Phi) is 4.08. The van der Waals surface area contributed by atoms with E-state index in [-0.39, 0.29) is 28.2 Å². The van der Waals surface area contributed by atoms with Gasteiger partial charge in [0.2, 0.25) is 0 Å². The van der Waals surface area contributed by atoms with Gasteiger partial charge >= 0.3 is 0 Å². The molecule has 2 heterocycles. The van der Waals surface area contributed by atoms with Gasteiger partial charge in [-0.25, -0.2) is 0 Å². The molecule has 2 aromatic rings. The lowest BCUT2D eigenvalue weighted by Gasteiger charge is -2.42. The monoisotopic (exact) mass is 478 g/mol. The van der Waals surface area contributed by atoms with Gasteiger partial charge in [-0.15, -0.1) is 0 Å². The number of allylic oxidation sites excluding steroid dienone is 2. The first-order valence-electron chi connectivity index (χ1n) is 12.0. The fourth-order valence-electron chi connectivity index (χ4n) is 6.91. The number of aliphatic hydroxyl groups is 2. The van der Waals surface area contributed by atoms with E-state index in [4.69, 9.17) is 0 Å². The van der Waals surface area contributed by atoms with Crippen molar-refractivity contribution >= 4 is 17.3 Å². The number of ketones is 2. The van der Waals surface area contributed by atoms with Crippen LogP contribution >= 0.6 is 0 Å². The number of hydrogen-bond acceptors (Lipinski definition) is 7. The fourth-order valence-corrected chi connectivity index (χ4v) is 6.91. The number of aromatic hydroxyl groups is 1. The maximum Gasteiger partial charge on any atom is 0.198 e. The highest BCUT2D eigenvalue weighted by atomic mass is 16.3. The van der Waals surface area contributed by atoms with Crippen molar-refractivity contribution in [3.05, 3.63) is 69.3 Å². The first-order chi connectivity index (χ1) is 17.3. The molecule has 5 aliphatic rings. The molecule has 36 heavy (non-hydrogen) atoms. The summed E-state index contributed by atoms with van der Waals surface area (Å²) >= 11 is 0. The second-order valence-electron chi connectivity index (χ2n) is 10.3. The van der Waals surface area contributed by atoms with E-state index in [1.807, 2.05) is 0 Å². The molecule has 2 aromatic carbocycles. The molecule has 0 radical (unpaired) electrons. The lowest BCUT2D eigenvalue weighted by molar-refractivity contribution is 0.0603. The molecule has 7 nitrogen and oxygen atoms in total. The SMILES string of the molecule is C[C@@H](O)[C@@]12C[C@]13c1cc(O)c4c(c1N[C@H]2C#C/C=C\C#C[C@H]3O)C(=O)c1cc2c(cc1C4=O)CNC2. The zero-order chi connectivity index (χ0) is 25.0. The van der Waals surface area contributed by atoms with Crippen LogP contribution in [0.2, 0.25) is 0 Å². The number of hydrogen-bond donors (Lipinski definition) is 5. The van der Waals surface area contributed by atoms with Gasteiger partial charge in [-0.2, -0.15) is 0 Å². The summed E-state index contributed by atoms with van der Waals surface area (Å²) in [4.78, 5) is 27.6.